The monoisotopic (exact) mass is 253 g/mol. The first-order chi connectivity index (χ1) is 8.70. The fourth-order valence-electron chi connectivity index (χ4n) is 1.97. The van der Waals surface area contributed by atoms with Crippen LogP contribution in [-0.2, 0) is 17.9 Å². The summed E-state index contributed by atoms with van der Waals surface area (Å²) in [6.45, 7) is 4.10. The summed E-state index contributed by atoms with van der Waals surface area (Å²) in [6.07, 6.45) is 3.45. The molecule has 7 nitrogen and oxygen atoms in total. The summed E-state index contributed by atoms with van der Waals surface area (Å²) < 4.78 is 1.80. The van der Waals surface area contributed by atoms with Crippen molar-refractivity contribution in [3.8, 4) is 0 Å². The highest BCUT2D eigenvalue weighted by molar-refractivity contribution is 5.66. The maximum atomic E-state index is 10.6. The van der Waals surface area contributed by atoms with E-state index in [1.165, 1.54) is 0 Å². The number of rotatable bonds is 8. The Morgan fingerprint density at radius 1 is 1.56 bits per heavy atom. The molecule has 0 unspecified atom stereocenters. The molecule has 1 heterocycles. The lowest BCUT2D eigenvalue weighted by molar-refractivity contribution is -0.137. The molecule has 1 N–H and O–H groups in total. The zero-order chi connectivity index (χ0) is 13.0. The number of aryl methyl sites for hydroxylation is 1. The van der Waals surface area contributed by atoms with Gasteiger partial charge in [-0.05, 0) is 29.7 Å². The summed E-state index contributed by atoms with van der Waals surface area (Å²) in [5.74, 6) is 0.0722. The highest BCUT2D eigenvalue weighted by Gasteiger charge is 2.30. The van der Waals surface area contributed by atoms with Gasteiger partial charge < -0.3 is 5.11 Å². The predicted octanol–water partition coefficient (Wildman–Crippen LogP) is 0.522. The van der Waals surface area contributed by atoms with E-state index >= 15 is 0 Å². The van der Waals surface area contributed by atoms with Gasteiger partial charge in [0.1, 0.15) is 0 Å². The van der Waals surface area contributed by atoms with E-state index in [9.17, 15) is 4.79 Å². The van der Waals surface area contributed by atoms with Crippen molar-refractivity contribution in [2.45, 2.75) is 51.7 Å². The van der Waals surface area contributed by atoms with Gasteiger partial charge in [0.15, 0.2) is 5.82 Å². The predicted molar refractivity (Wildman–Crippen MR) is 63.8 cm³/mol. The molecule has 1 aliphatic rings. The maximum Gasteiger partial charge on any atom is 0.304 e. The Morgan fingerprint density at radius 2 is 2.33 bits per heavy atom. The topological polar surface area (TPSA) is 84.1 Å². The highest BCUT2D eigenvalue weighted by atomic mass is 16.4. The molecule has 0 spiro atoms. The van der Waals surface area contributed by atoms with Gasteiger partial charge in [0.25, 0.3) is 0 Å². The molecule has 0 radical (unpaired) electrons. The van der Waals surface area contributed by atoms with Crippen LogP contribution in [0.15, 0.2) is 0 Å². The number of carboxylic acid groups (broad SMARTS) is 1. The van der Waals surface area contributed by atoms with E-state index in [0.717, 1.165) is 31.6 Å². The summed E-state index contributed by atoms with van der Waals surface area (Å²) in [7, 11) is 0. The molecule has 2 rings (SSSR count). The van der Waals surface area contributed by atoms with Crippen LogP contribution in [0.2, 0.25) is 0 Å². The van der Waals surface area contributed by atoms with Gasteiger partial charge in [0.2, 0.25) is 0 Å². The Hall–Kier alpha value is -1.50. The van der Waals surface area contributed by atoms with Gasteiger partial charge in [-0.25, -0.2) is 4.68 Å². The molecular weight excluding hydrogens is 234 g/mol. The minimum absolute atomic E-state index is 0.172. The van der Waals surface area contributed by atoms with Crippen LogP contribution < -0.4 is 0 Å². The molecule has 1 aromatic rings. The van der Waals surface area contributed by atoms with Crippen LogP contribution in [0, 0.1) is 0 Å². The quantitative estimate of drug-likeness (QED) is 0.727. The molecule has 0 aliphatic heterocycles. The van der Waals surface area contributed by atoms with Crippen molar-refractivity contribution in [2.75, 3.05) is 6.54 Å². The normalized spacial score (nSPS) is 15.2. The second-order valence-corrected chi connectivity index (χ2v) is 4.66. The first kappa shape index (κ1) is 12.9. The number of hydrogen-bond donors (Lipinski definition) is 1. The molecule has 7 heteroatoms. The van der Waals surface area contributed by atoms with Crippen molar-refractivity contribution in [1.29, 1.82) is 0 Å². The van der Waals surface area contributed by atoms with Crippen molar-refractivity contribution in [1.82, 2.24) is 25.1 Å². The molecule has 0 bridgehead atoms. The van der Waals surface area contributed by atoms with Gasteiger partial charge in [0, 0.05) is 19.1 Å². The number of nitrogens with zero attached hydrogens (tertiary/aromatic N) is 5. The summed E-state index contributed by atoms with van der Waals surface area (Å²) >= 11 is 0. The lowest BCUT2D eigenvalue weighted by Gasteiger charge is -2.20. The SMILES string of the molecule is CCCn1nnnc1CN(CCC(=O)O)C1CC1. The molecular formula is C11H19N5O2. The lowest BCUT2D eigenvalue weighted by atomic mass is 10.3. The fourth-order valence-corrected chi connectivity index (χ4v) is 1.97. The van der Waals surface area contributed by atoms with Gasteiger partial charge in [0.05, 0.1) is 13.0 Å². The van der Waals surface area contributed by atoms with Crippen molar-refractivity contribution in [3.63, 3.8) is 0 Å². The molecule has 18 heavy (non-hydrogen) atoms. The van der Waals surface area contributed by atoms with Crippen molar-refractivity contribution in [3.05, 3.63) is 5.82 Å². The molecule has 0 saturated heterocycles. The van der Waals surface area contributed by atoms with Crippen molar-refractivity contribution in [2.24, 2.45) is 0 Å². The van der Waals surface area contributed by atoms with Crippen molar-refractivity contribution < 1.29 is 9.90 Å². The number of carbonyl (C=O) groups is 1. The first-order valence-corrected chi connectivity index (χ1v) is 6.41. The Bertz CT molecular complexity index is 402. The maximum absolute atomic E-state index is 10.6. The van der Waals surface area contributed by atoms with E-state index in [-0.39, 0.29) is 6.42 Å². The largest absolute Gasteiger partial charge is 0.481 e. The van der Waals surface area contributed by atoms with E-state index in [1.54, 1.807) is 4.68 Å². The summed E-state index contributed by atoms with van der Waals surface area (Å²) in [5.41, 5.74) is 0. The van der Waals surface area contributed by atoms with Gasteiger partial charge in [-0.1, -0.05) is 6.92 Å². The van der Waals surface area contributed by atoms with E-state index in [0.29, 0.717) is 19.1 Å². The number of aliphatic carboxylic acids is 1. The number of carboxylic acids is 1. The second kappa shape index (κ2) is 5.90. The molecule has 1 aliphatic carbocycles. The van der Waals surface area contributed by atoms with Crippen LogP contribution in [0.25, 0.3) is 0 Å². The van der Waals surface area contributed by atoms with Gasteiger partial charge in [-0.15, -0.1) is 5.10 Å². The summed E-state index contributed by atoms with van der Waals surface area (Å²) in [6, 6.07) is 0.510. The van der Waals surface area contributed by atoms with Crippen LogP contribution in [-0.4, -0.2) is 48.8 Å². The Morgan fingerprint density at radius 3 is 2.94 bits per heavy atom. The van der Waals surface area contributed by atoms with Gasteiger partial charge in [-0.2, -0.15) is 0 Å². The van der Waals surface area contributed by atoms with Gasteiger partial charge >= 0.3 is 5.97 Å². The second-order valence-electron chi connectivity index (χ2n) is 4.66. The molecule has 100 valence electrons. The highest BCUT2D eigenvalue weighted by Crippen LogP contribution is 2.28. The summed E-state index contributed by atoms with van der Waals surface area (Å²) in [5, 5.41) is 20.4. The Balaban J connectivity index is 1.94. The van der Waals surface area contributed by atoms with Crippen LogP contribution in [0.1, 0.15) is 38.4 Å². The molecule has 1 fully saturated rings. The third-order valence-electron chi connectivity index (χ3n) is 3.06. The Labute approximate surface area is 106 Å². The van der Waals surface area contributed by atoms with Gasteiger partial charge in [-0.3, -0.25) is 9.69 Å². The lowest BCUT2D eigenvalue weighted by Crippen LogP contribution is -2.29. The summed E-state index contributed by atoms with van der Waals surface area (Å²) in [4.78, 5) is 12.8. The van der Waals surface area contributed by atoms with E-state index < -0.39 is 5.97 Å². The smallest absolute Gasteiger partial charge is 0.304 e. The van der Waals surface area contributed by atoms with E-state index in [4.69, 9.17) is 5.11 Å². The first-order valence-electron chi connectivity index (χ1n) is 6.41. The van der Waals surface area contributed by atoms with Crippen molar-refractivity contribution >= 4 is 5.97 Å². The Kier molecular flexibility index (Phi) is 4.24. The number of aromatic nitrogens is 4. The molecule has 0 aromatic carbocycles. The minimum atomic E-state index is -0.756. The van der Waals surface area contributed by atoms with Crippen LogP contribution in [0.4, 0.5) is 0 Å². The average molecular weight is 253 g/mol. The third-order valence-corrected chi connectivity index (χ3v) is 3.06. The van der Waals surface area contributed by atoms with Crippen LogP contribution in [0.3, 0.4) is 0 Å². The fraction of sp³-hybridized carbons (Fsp3) is 0.818. The molecule has 0 atom stereocenters. The number of tetrazole rings is 1. The minimum Gasteiger partial charge on any atom is -0.481 e. The van der Waals surface area contributed by atoms with E-state index in [1.807, 2.05) is 0 Å². The standard InChI is InChI=1S/C11H19N5O2/c1-2-6-16-10(12-13-14-16)8-15(9-3-4-9)7-5-11(17)18/h9H,2-8H2,1H3,(H,17,18). The molecule has 1 saturated carbocycles. The number of hydrogen-bond acceptors (Lipinski definition) is 5. The van der Waals surface area contributed by atoms with Crippen LogP contribution in [0.5, 0.6) is 0 Å². The third kappa shape index (κ3) is 3.49. The zero-order valence-electron chi connectivity index (χ0n) is 10.6. The van der Waals surface area contributed by atoms with Crippen LogP contribution >= 0.6 is 0 Å². The molecule has 0 amide bonds. The zero-order valence-corrected chi connectivity index (χ0v) is 10.6. The average Bonchev–Trinajstić information content (AvgIpc) is 3.08. The van der Waals surface area contributed by atoms with E-state index in [2.05, 4.69) is 27.3 Å². The molecule has 1 aromatic heterocycles.